The molecule has 4 heterocycles. The molecule has 1 saturated carbocycles. The average molecular weight is 621 g/mol. The smallest absolute Gasteiger partial charge is 0.319 e. The Morgan fingerprint density at radius 1 is 1.11 bits per heavy atom. The quantitative estimate of drug-likeness (QED) is 0.177. The van der Waals surface area contributed by atoms with Gasteiger partial charge >= 0.3 is 6.01 Å². The van der Waals surface area contributed by atoms with Gasteiger partial charge in [0.25, 0.3) is 0 Å². The molecule has 10 nitrogen and oxygen atoms in total. The number of aldehydes is 1. The fourth-order valence-electron chi connectivity index (χ4n) is 6.13. The van der Waals surface area contributed by atoms with Crippen molar-refractivity contribution in [3.63, 3.8) is 0 Å². The van der Waals surface area contributed by atoms with Gasteiger partial charge in [-0.2, -0.15) is 9.97 Å². The van der Waals surface area contributed by atoms with Gasteiger partial charge in [0.1, 0.15) is 47.1 Å². The maximum atomic E-state index is 16.9. The predicted octanol–water partition coefficient (Wildman–Crippen LogP) is 5.02. The highest BCUT2D eigenvalue weighted by atomic mass is 19.1. The number of nitrogens with zero attached hydrogens (tertiary/aromatic N) is 4. The summed E-state index contributed by atoms with van der Waals surface area (Å²) < 4.78 is 60.5. The fourth-order valence-corrected chi connectivity index (χ4v) is 6.13. The molecule has 1 atom stereocenters. The number of aromatic nitrogens is 3. The molecule has 2 aromatic carbocycles. The lowest BCUT2D eigenvalue weighted by Gasteiger charge is -2.42. The number of fused-ring (bicyclic) bond motifs is 2. The molecule has 45 heavy (non-hydrogen) atoms. The second-order valence-electron chi connectivity index (χ2n) is 12.0. The van der Waals surface area contributed by atoms with E-state index >= 15 is 8.78 Å². The molecule has 0 amide bonds. The van der Waals surface area contributed by atoms with Gasteiger partial charge in [-0.1, -0.05) is 13.0 Å². The molecule has 0 bridgehead atoms. The van der Waals surface area contributed by atoms with Gasteiger partial charge < -0.3 is 33.4 Å². The molecule has 2 saturated heterocycles. The summed E-state index contributed by atoms with van der Waals surface area (Å²) in [5, 5.41) is 1.59. The maximum absolute atomic E-state index is 16.9. The van der Waals surface area contributed by atoms with E-state index in [-0.39, 0.29) is 30.6 Å². The zero-order chi connectivity index (χ0) is 31.2. The third-order valence-corrected chi connectivity index (χ3v) is 8.98. The number of rotatable bonds is 10. The number of halogens is 2. The first kappa shape index (κ1) is 29.7. The Balaban J connectivity index is 1.41. The van der Waals surface area contributed by atoms with Crippen LogP contribution in [0.1, 0.15) is 31.7 Å². The molecule has 1 aliphatic carbocycles. The number of hydrogen-bond acceptors (Lipinski definition) is 10. The molecule has 1 unspecified atom stereocenters. The fraction of sp³-hybridized carbons (Fsp3) is 0.455. The first-order valence-electron chi connectivity index (χ1n) is 15.2. The second kappa shape index (κ2) is 11.7. The van der Waals surface area contributed by atoms with Gasteiger partial charge in [-0.15, -0.1) is 0 Å². The molecule has 3 aliphatic rings. The highest BCUT2D eigenvalue weighted by Crippen LogP contribution is 2.44. The van der Waals surface area contributed by atoms with Crippen LogP contribution in [0.15, 0.2) is 30.5 Å². The number of ether oxygens (including phenoxy) is 5. The molecule has 12 heteroatoms. The lowest BCUT2D eigenvalue weighted by atomic mass is 9.94. The summed E-state index contributed by atoms with van der Waals surface area (Å²) in [4.78, 5) is 27.5. The number of pyridine rings is 1. The largest absolute Gasteiger partial charge is 0.468 e. The summed E-state index contributed by atoms with van der Waals surface area (Å²) in [6.07, 6.45) is 5.09. The second-order valence-corrected chi connectivity index (χ2v) is 12.0. The van der Waals surface area contributed by atoms with E-state index < -0.39 is 22.7 Å². The van der Waals surface area contributed by atoms with Crippen molar-refractivity contribution in [1.82, 2.24) is 15.0 Å². The van der Waals surface area contributed by atoms with E-state index in [1.54, 1.807) is 24.4 Å². The van der Waals surface area contributed by atoms with Crippen molar-refractivity contribution >= 4 is 33.8 Å². The molecule has 2 aliphatic heterocycles. The minimum atomic E-state index is -0.713. The average Bonchev–Trinajstić information content (AvgIpc) is 3.86. The van der Waals surface area contributed by atoms with Gasteiger partial charge in [-0.05, 0) is 53.8 Å². The van der Waals surface area contributed by atoms with Crippen LogP contribution in [0, 0.1) is 17.0 Å². The predicted molar refractivity (Wildman–Crippen MR) is 162 cm³/mol. The Morgan fingerprint density at radius 3 is 2.67 bits per heavy atom. The Labute approximate surface area is 258 Å². The zero-order valence-electron chi connectivity index (χ0n) is 25.2. The van der Waals surface area contributed by atoms with Gasteiger partial charge in [-0.3, -0.25) is 4.98 Å². The van der Waals surface area contributed by atoms with Crippen LogP contribution in [0.2, 0.25) is 0 Å². The Bertz CT molecular complexity index is 1780. The van der Waals surface area contributed by atoms with E-state index in [1.165, 1.54) is 13.2 Å². The summed E-state index contributed by atoms with van der Waals surface area (Å²) in [6.45, 7) is 4.43. The van der Waals surface area contributed by atoms with Crippen LogP contribution in [0.25, 0.3) is 32.9 Å². The number of benzene rings is 2. The van der Waals surface area contributed by atoms with Crippen molar-refractivity contribution in [3.05, 3.63) is 47.7 Å². The zero-order valence-corrected chi connectivity index (χ0v) is 25.2. The SMILES string of the molecule is CCc1c(F)ccc2cc(OCOC)cc(-c3ncc4c(N5CCOCC6(CCO6)C5)nc(OCC5(C=O)CC5)nc4c3F)c12. The number of carbonyl (C=O) groups is 1. The first-order valence-corrected chi connectivity index (χ1v) is 15.2. The van der Waals surface area contributed by atoms with E-state index in [9.17, 15) is 4.79 Å². The summed E-state index contributed by atoms with van der Waals surface area (Å²) >= 11 is 0. The minimum Gasteiger partial charge on any atom is -0.468 e. The number of aryl methyl sites for hydroxylation is 1. The Hall–Kier alpha value is -4.00. The van der Waals surface area contributed by atoms with E-state index in [1.807, 2.05) is 11.8 Å². The number of hydrogen-bond donors (Lipinski definition) is 0. The van der Waals surface area contributed by atoms with Crippen LogP contribution in [0.3, 0.4) is 0 Å². The summed E-state index contributed by atoms with van der Waals surface area (Å²) in [5.74, 6) is -0.250. The van der Waals surface area contributed by atoms with Crippen molar-refractivity contribution in [2.24, 2.45) is 5.41 Å². The molecule has 1 spiro atoms. The van der Waals surface area contributed by atoms with Crippen molar-refractivity contribution in [2.45, 2.75) is 38.2 Å². The molecule has 2 aromatic heterocycles. The molecule has 0 radical (unpaired) electrons. The van der Waals surface area contributed by atoms with Crippen LogP contribution >= 0.6 is 0 Å². The van der Waals surface area contributed by atoms with Crippen molar-refractivity contribution < 1.29 is 37.3 Å². The topological polar surface area (TPSA) is 105 Å². The lowest BCUT2D eigenvalue weighted by molar-refractivity contribution is -0.167. The Morgan fingerprint density at radius 2 is 1.96 bits per heavy atom. The molecule has 7 rings (SSSR count). The van der Waals surface area contributed by atoms with E-state index in [4.69, 9.17) is 28.7 Å². The van der Waals surface area contributed by atoms with E-state index in [0.717, 1.165) is 12.7 Å². The highest BCUT2D eigenvalue weighted by molar-refractivity contribution is 6.01. The van der Waals surface area contributed by atoms with Gasteiger partial charge in [0.05, 0.1) is 37.2 Å². The molecule has 0 N–H and O–H groups in total. The standard InChI is InChI=1S/C33H34F2N4O6/c1-3-22-25(34)5-4-20-12-21(44-19-41-2)13-23(26(20)22)28-27(35)29-24(14-36-28)30(38-31(37-29)43-17-32(16-40)6-7-32)39-9-11-42-18-33(15-39)8-10-45-33/h4-5,12-14,16H,3,6-11,15,17-19H2,1-2H3. The number of carbonyl (C=O) groups excluding carboxylic acids is 1. The highest BCUT2D eigenvalue weighted by Gasteiger charge is 2.44. The molecule has 4 aromatic rings. The van der Waals surface area contributed by atoms with Crippen LogP contribution in [-0.2, 0) is 25.4 Å². The first-order chi connectivity index (χ1) is 21.9. The summed E-state index contributed by atoms with van der Waals surface area (Å²) in [5.41, 5.74) is -0.263. The van der Waals surface area contributed by atoms with Crippen molar-refractivity contribution in [1.29, 1.82) is 0 Å². The molecular formula is C33H34F2N4O6. The van der Waals surface area contributed by atoms with Gasteiger partial charge in [0.15, 0.2) is 12.6 Å². The van der Waals surface area contributed by atoms with Crippen LogP contribution in [0.4, 0.5) is 14.6 Å². The third-order valence-electron chi connectivity index (χ3n) is 8.98. The monoisotopic (exact) mass is 620 g/mol. The third kappa shape index (κ3) is 5.44. The number of anilines is 1. The molecular weight excluding hydrogens is 586 g/mol. The van der Waals surface area contributed by atoms with Gasteiger partial charge in [0, 0.05) is 31.8 Å². The number of methoxy groups -OCH3 is 1. The molecule has 236 valence electrons. The van der Waals surface area contributed by atoms with Crippen molar-refractivity contribution in [3.8, 4) is 23.0 Å². The lowest BCUT2D eigenvalue weighted by Crippen LogP contribution is -2.54. The van der Waals surface area contributed by atoms with Gasteiger partial charge in [-0.25, -0.2) is 8.78 Å². The van der Waals surface area contributed by atoms with Gasteiger partial charge in [0.2, 0.25) is 0 Å². The van der Waals surface area contributed by atoms with E-state index in [0.29, 0.717) is 91.0 Å². The van der Waals surface area contributed by atoms with E-state index in [2.05, 4.69) is 9.97 Å². The maximum Gasteiger partial charge on any atom is 0.319 e. The van der Waals surface area contributed by atoms with Crippen molar-refractivity contribution in [2.75, 3.05) is 58.3 Å². The van der Waals surface area contributed by atoms with Crippen LogP contribution < -0.4 is 14.4 Å². The summed E-state index contributed by atoms with van der Waals surface area (Å²) in [6, 6.07) is 6.40. The molecule has 3 fully saturated rings. The minimum absolute atomic E-state index is 0.00416. The normalized spacial score (nSPS) is 20.7. The van der Waals surface area contributed by atoms with Crippen LogP contribution in [0.5, 0.6) is 11.8 Å². The van der Waals surface area contributed by atoms with Crippen LogP contribution in [-0.4, -0.2) is 80.3 Å². The summed E-state index contributed by atoms with van der Waals surface area (Å²) in [7, 11) is 1.50. The Kier molecular flexibility index (Phi) is 7.74.